The van der Waals surface area contributed by atoms with Crippen molar-refractivity contribution in [3.05, 3.63) is 35.7 Å². The summed E-state index contributed by atoms with van der Waals surface area (Å²) in [6.07, 6.45) is 2.00. The van der Waals surface area contributed by atoms with Gasteiger partial charge in [-0.25, -0.2) is 0 Å². The van der Waals surface area contributed by atoms with Crippen LogP contribution >= 0.6 is 0 Å². The largest absolute Gasteiger partial charge is 3.00 e. The normalized spacial score (nSPS) is 8.93. The minimum absolute atomic E-state index is 0. The van der Waals surface area contributed by atoms with Crippen molar-refractivity contribution >= 4 is 0 Å². The summed E-state index contributed by atoms with van der Waals surface area (Å²) in [5.74, 6) is 0.782. The van der Waals surface area contributed by atoms with Gasteiger partial charge in [0.15, 0.2) is 0 Å². The second kappa shape index (κ2) is 9.36. The Morgan fingerprint density at radius 3 is 2.07 bits per heavy atom. The van der Waals surface area contributed by atoms with Crippen LogP contribution in [-0.2, 0) is 32.7 Å². The van der Waals surface area contributed by atoms with E-state index in [-0.39, 0.29) is 32.7 Å². The molecule has 1 aromatic rings. The number of phenolic OH excluding ortho intramolecular Hbond substituents is 1. The minimum Gasteiger partial charge on any atom is -0.533 e. The molecular weight excluding hydrogens is 261 g/mol. The van der Waals surface area contributed by atoms with Crippen LogP contribution in [0.3, 0.4) is 0 Å². The Morgan fingerprint density at radius 1 is 1.27 bits per heavy atom. The summed E-state index contributed by atoms with van der Waals surface area (Å²) in [5.41, 5.74) is 1.88. The predicted molar refractivity (Wildman–Crippen MR) is 61.4 cm³/mol. The molecule has 1 nitrogen and oxygen atoms in total. The quantitative estimate of drug-likeness (QED) is 0.775. The smallest absolute Gasteiger partial charge is 0.533 e. The second-order valence-corrected chi connectivity index (χ2v) is 3.67. The van der Waals surface area contributed by atoms with E-state index in [1.54, 1.807) is 6.07 Å². The number of aryl methyl sites for hydroxylation is 1. The molecule has 0 radical (unpaired) electrons. The van der Waals surface area contributed by atoms with E-state index in [1.165, 1.54) is 0 Å². The average molecular weight is 281 g/mol. The molecule has 15 heavy (non-hydrogen) atoms. The maximum atomic E-state index is 9.55. The summed E-state index contributed by atoms with van der Waals surface area (Å²) in [4.78, 5) is 0. The molecule has 0 aliphatic heterocycles. The molecule has 1 rings (SSSR count). The molecule has 0 aromatic heterocycles. The molecule has 1 N–H and O–H groups in total. The summed E-state index contributed by atoms with van der Waals surface area (Å²) in [6, 6.07) is 6.62. The van der Waals surface area contributed by atoms with Gasteiger partial charge in [0.1, 0.15) is 0 Å². The number of aromatic hydroxyl groups is 1. The van der Waals surface area contributed by atoms with Crippen molar-refractivity contribution < 1.29 is 37.8 Å². The summed E-state index contributed by atoms with van der Waals surface area (Å²) >= 11 is 0. The van der Waals surface area contributed by atoms with Gasteiger partial charge < -0.3 is 11.5 Å². The molecule has 0 aliphatic carbocycles. The average Bonchev–Trinajstić information content (AvgIpc) is 2.10. The minimum atomic E-state index is 0. The summed E-state index contributed by atoms with van der Waals surface area (Å²) in [7, 11) is 0. The molecule has 0 amide bonds. The molecule has 0 atom stereocenters. The molecule has 0 saturated carbocycles. The van der Waals surface area contributed by atoms with Gasteiger partial charge in [0.25, 0.3) is 0 Å². The van der Waals surface area contributed by atoms with Gasteiger partial charge in [0.2, 0.25) is 0 Å². The molecule has 2 heteroatoms. The first-order valence-corrected chi connectivity index (χ1v) is 4.98. The molecular formula is C13H20OY+. The summed E-state index contributed by atoms with van der Waals surface area (Å²) in [5, 5.41) is 9.55. The predicted octanol–water partition coefficient (Wildman–Crippen LogP) is 3.85. The first kappa shape index (κ1) is 17.5. The van der Waals surface area contributed by atoms with Crippen LogP contribution in [0.15, 0.2) is 12.1 Å². The van der Waals surface area contributed by atoms with E-state index in [1.807, 2.05) is 33.3 Å². The third-order valence-electron chi connectivity index (χ3n) is 1.81. The first-order valence-electron chi connectivity index (χ1n) is 4.98. The van der Waals surface area contributed by atoms with Crippen LogP contribution in [-0.4, -0.2) is 5.11 Å². The van der Waals surface area contributed by atoms with E-state index in [0.29, 0.717) is 11.7 Å². The van der Waals surface area contributed by atoms with Gasteiger partial charge in [-0.05, 0) is 0 Å². The van der Waals surface area contributed by atoms with E-state index in [9.17, 15) is 5.11 Å². The van der Waals surface area contributed by atoms with Crippen LogP contribution in [0.5, 0.6) is 5.75 Å². The summed E-state index contributed by atoms with van der Waals surface area (Å²) < 4.78 is 0. The molecule has 80 valence electrons. The van der Waals surface area contributed by atoms with Crippen LogP contribution in [0, 0.1) is 19.4 Å². The zero-order valence-corrected chi connectivity index (χ0v) is 13.2. The van der Waals surface area contributed by atoms with E-state index in [4.69, 9.17) is 0 Å². The Bertz CT molecular complexity index is 269. The fourth-order valence-electron chi connectivity index (χ4n) is 1.06. The second-order valence-electron chi connectivity index (χ2n) is 3.67. The fraction of sp³-hybridized carbons (Fsp3) is 0.462. The number of hydrogen-bond acceptors (Lipinski definition) is 1. The summed E-state index contributed by atoms with van der Waals surface area (Å²) in [6.45, 7) is 10.0. The van der Waals surface area contributed by atoms with Crippen molar-refractivity contribution in [1.82, 2.24) is 0 Å². The molecule has 1 aromatic carbocycles. The number of hydrogen-bond donors (Lipinski definition) is 1. The fourth-order valence-corrected chi connectivity index (χ4v) is 1.06. The van der Waals surface area contributed by atoms with Crippen LogP contribution in [0.4, 0.5) is 0 Å². The van der Waals surface area contributed by atoms with Crippen LogP contribution in [0.25, 0.3) is 0 Å². The van der Waals surface area contributed by atoms with Crippen molar-refractivity contribution in [3.8, 4) is 5.75 Å². The van der Waals surface area contributed by atoms with Gasteiger partial charge in [-0.2, -0.15) is 32.0 Å². The van der Waals surface area contributed by atoms with Crippen molar-refractivity contribution in [3.63, 3.8) is 0 Å². The van der Waals surface area contributed by atoms with Gasteiger partial charge >= 0.3 is 32.7 Å². The monoisotopic (exact) mass is 281 g/mol. The number of rotatable bonds is 1. The van der Waals surface area contributed by atoms with E-state index in [2.05, 4.69) is 19.9 Å². The zero-order valence-electron chi connectivity index (χ0n) is 10.3. The molecule has 0 unspecified atom stereocenters. The van der Waals surface area contributed by atoms with Gasteiger partial charge in [0, 0.05) is 5.75 Å². The Balaban J connectivity index is 0. The van der Waals surface area contributed by atoms with E-state index >= 15 is 0 Å². The third-order valence-corrected chi connectivity index (χ3v) is 1.81. The Hall–Kier alpha value is 0.124. The topological polar surface area (TPSA) is 20.2 Å². The van der Waals surface area contributed by atoms with Crippen LogP contribution in [0.2, 0.25) is 0 Å². The van der Waals surface area contributed by atoms with Crippen molar-refractivity contribution in [1.29, 1.82) is 0 Å². The maximum absolute atomic E-state index is 9.55. The van der Waals surface area contributed by atoms with Crippen LogP contribution in [0.1, 0.15) is 44.7 Å². The molecule has 0 fully saturated rings. The van der Waals surface area contributed by atoms with E-state index < -0.39 is 0 Å². The van der Waals surface area contributed by atoms with Gasteiger partial charge in [-0.15, -0.1) is 11.1 Å². The van der Waals surface area contributed by atoms with Gasteiger partial charge in [-0.3, -0.25) is 0 Å². The standard InChI is InChI=1S/C10H13O.C3H7.Y/c1-7(2)9-6-4-5-8(3)10(9)11;1-3-2;/h5-7,11H,1-3H3;3H,1-2H3;/q2*-1;+3. The van der Waals surface area contributed by atoms with Crippen molar-refractivity contribution in [2.24, 2.45) is 0 Å². The first-order chi connectivity index (χ1) is 6.54. The zero-order chi connectivity index (χ0) is 11.1. The number of phenols is 1. The molecule has 0 aliphatic rings. The van der Waals surface area contributed by atoms with Crippen LogP contribution < -0.4 is 0 Å². The molecule has 0 saturated heterocycles. The molecule has 0 spiro atoms. The third kappa shape index (κ3) is 6.32. The SMILES string of the molecule is C[CH-]C.Cc1c[c-]cc(C(C)C)c1O.[Y+3]. The van der Waals surface area contributed by atoms with Gasteiger partial charge in [0.05, 0.1) is 0 Å². The molecule has 0 bridgehead atoms. The molecule has 0 heterocycles. The van der Waals surface area contributed by atoms with E-state index in [0.717, 1.165) is 11.1 Å². The Labute approximate surface area is 119 Å². The Morgan fingerprint density at radius 2 is 1.73 bits per heavy atom. The van der Waals surface area contributed by atoms with Crippen molar-refractivity contribution in [2.45, 2.75) is 40.5 Å². The maximum Gasteiger partial charge on any atom is 3.00 e. The number of benzene rings is 1. The van der Waals surface area contributed by atoms with Crippen molar-refractivity contribution in [2.75, 3.05) is 0 Å². The van der Waals surface area contributed by atoms with Gasteiger partial charge in [-0.1, -0.05) is 26.7 Å². The Kier molecular flexibility index (Phi) is 10.9.